The van der Waals surface area contributed by atoms with Gasteiger partial charge < -0.3 is 5.73 Å². The maximum atomic E-state index is 5.92. The Morgan fingerprint density at radius 3 is 2.73 bits per heavy atom. The van der Waals surface area contributed by atoms with Gasteiger partial charge in [0.1, 0.15) is 0 Å². The third-order valence-corrected chi connectivity index (χ3v) is 2.31. The van der Waals surface area contributed by atoms with Crippen molar-refractivity contribution in [2.75, 3.05) is 5.73 Å². The number of pyridine rings is 1. The van der Waals surface area contributed by atoms with E-state index in [1.807, 2.05) is 30.3 Å². The van der Waals surface area contributed by atoms with Crippen molar-refractivity contribution in [3.8, 4) is 0 Å². The average molecular weight is 219 g/mol. The van der Waals surface area contributed by atoms with E-state index in [2.05, 4.69) is 4.98 Å². The number of nitrogens with two attached hydrogens (primary N) is 1. The molecule has 0 radical (unpaired) electrons. The highest BCUT2D eigenvalue weighted by molar-refractivity contribution is 6.30. The molecule has 76 valence electrons. The molecule has 0 unspecified atom stereocenters. The number of halogens is 1. The van der Waals surface area contributed by atoms with Gasteiger partial charge in [-0.15, -0.1) is 0 Å². The van der Waals surface area contributed by atoms with Crippen molar-refractivity contribution in [2.24, 2.45) is 0 Å². The smallest absolute Gasteiger partial charge is 0.0447 e. The topological polar surface area (TPSA) is 38.9 Å². The Labute approximate surface area is 93.7 Å². The van der Waals surface area contributed by atoms with Crippen molar-refractivity contribution in [1.82, 2.24) is 4.98 Å². The van der Waals surface area contributed by atoms with Crippen molar-refractivity contribution in [3.05, 3.63) is 58.9 Å². The van der Waals surface area contributed by atoms with Gasteiger partial charge in [0.2, 0.25) is 0 Å². The van der Waals surface area contributed by atoms with Crippen LogP contribution in [-0.2, 0) is 6.42 Å². The quantitative estimate of drug-likeness (QED) is 0.788. The van der Waals surface area contributed by atoms with E-state index in [4.69, 9.17) is 17.3 Å². The number of hydrogen-bond donors (Lipinski definition) is 1. The summed E-state index contributed by atoms with van der Waals surface area (Å²) in [7, 11) is 0. The van der Waals surface area contributed by atoms with Gasteiger partial charge in [-0.3, -0.25) is 4.98 Å². The highest BCUT2D eigenvalue weighted by Gasteiger charge is 1.99. The number of nitrogens with zero attached hydrogens (tertiary/aromatic N) is 1. The number of rotatable bonds is 2. The Morgan fingerprint density at radius 1 is 1.20 bits per heavy atom. The molecule has 2 aromatic rings. The van der Waals surface area contributed by atoms with E-state index in [1.54, 1.807) is 12.3 Å². The molecular weight excluding hydrogens is 208 g/mol. The molecule has 3 heteroatoms. The van der Waals surface area contributed by atoms with Crippen LogP contribution in [0.4, 0.5) is 5.69 Å². The second kappa shape index (κ2) is 4.32. The third-order valence-electron chi connectivity index (χ3n) is 2.09. The van der Waals surface area contributed by atoms with Gasteiger partial charge in [0.25, 0.3) is 0 Å². The zero-order chi connectivity index (χ0) is 10.7. The largest absolute Gasteiger partial charge is 0.399 e. The molecule has 2 rings (SSSR count). The van der Waals surface area contributed by atoms with Crippen LogP contribution in [0.1, 0.15) is 11.3 Å². The predicted octanol–water partition coefficient (Wildman–Crippen LogP) is 2.91. The summed E-state index contributed by atoms with van der Waals surface area (Å²) in [6, 6.07) is 11.4. The molecule has 1 heterocycles. The highest BCUT2D eigenvalue weighted by Crippen LogP contribution is 2.18. The van der Waals surface area contributed by atoms with Crippen molar-refractivity contribution in [3.63, 3.8) is 0 Å². The normalized spacial score (nSPS) is 10.2. The van der Waals surface area contributed by atoms with Crippen LogP contribution in [0.15, 0.2) is 42.6 Å². The molecule has 0 aliphatic carbocycles. The average Bonchev–Trinajstić information content (AvgIpc) is 2.17. The first-order valence-electron chi connectivity index (χ1n) is 4.69. The second-order valence-corrected chi connectivity index (χ2v) is 3.83. The molecule has 1 aromatic carbocycles. The zero-order valence-corrected chi connectivity index (χ0v) is 8.91. The highest BCUT2D eigenvalue weighted by atomic mass is 35.5. The first-order chi connectivity index (χ1) is 7.24. The maximum absolute atomic E-state index is 5.92. The van der Waals surface area contributed by atoms with Crippen molar-refractivity contribution < 1.29 is 0 Å². The van der Waals surface area contributed by atoms with Gasteiger partial charge in [0.05, 0.1) is 0 Å². The van der Waals surface area contributed by atoms with Crippen LogP contribution < -0.4 is 5.73 Å². The SMILES string of the molecule is Nc1cc(Cl)cc(Cc2ccccn2)c1. The minimum absolute atomic E-state index is 0.668. The van der Waals surface area contributed by atoms with Gasteiger partial charge in [-0.1, -0.05) is 17.7 Å². The fourth-order valence-corrected chi connectivity index (χ4v) is 1.76. The fraction of sp³-hybridized carbons (Fsp3) is 0.0833. The number of nitrogen functional groups attached to an aromatic ring is 1. The van der Waals surface area contributed by atoms with E-state index in [0.29, 0.717) is 10.7 Å². The summed E-state index contributed by atoms with van der Waals surface area (Å²) in [5.41, 5.74) is 8.49. The van der Waals surface area contributed by atoms with Gasteiger partial charge in [-0.25, -0.2) is 0 Å². The van der Waals surface area contributed by atoms with E-state index in [1.165, 1.54) is 0 Å². The third kappa shape index (κ3) is 2.70. The van der Waals surface area contributed by atoms with Gasteiger partial charge in [-0.05, 0) is 35.9 Å². The van der Waals surface area contributed by atoms with Gasteiger partial charge in [-0.2, -0.15) is 0 Å². The van der Waals surface area contributed by atoms with Crippen LogP contribution in [-0.4, -0.2) is 4.98 Å². The predicted molar refractivity (Wildman–Crippen MR) is 62.9 cm³/mol. The molecule has 0 bridgehead atoms. The van der Waals surface area contributed by atoms with Crippen LogP contribution >= 0.6 is 11.6 Å². The molecule has 0 saturated heterocycles. The minimum Gasteiger partial charge on any atom is -0.399 e. The fourth-order valence-electron chi connectivity index (χ4n) is 1.49. The summed E-state index contributed by atoms with van der Waals surface area (Å²) in [4.78, 5) is 4.25. The standard InChI is InChI=1S/C12H11ClN2/c13-10-5-9(6-11(14)8-10)7-12-3-1-2-4-15-12/h1-6,8H,7,14H2. The molecule has 0 fully saturated rings. The molecule has 0 spiro atoms. The number of hydrogen-bond acceptors (Lipinski definition) is 2. The Bertz CT molecular complexity index is 434. The van der Waals surface area contributed by atoms with Gasteiger partial charge in [0, 0.05) is 29.0 Å². The molecule has 2 N–H and O–H groups in total. The summed E-state index contributed by atoms with van der Waals surface area (Å²) < 4.78 is 0. The van der Waals surface area contributed by atoms with Crippen LogP contribution in [0.2, 0.25) is 5.02 Å². The second-order valence-electron chi connectivity index (χ2n) is 3.39. The van der Waals surface area contributed by atoms with E-state index in [0.717, 1.165) is 17.7 Å². The Morgan fingerprint density at radius 2 is 2.07 bits per heavy atom. The van der Waals surface area contributed by atoms with E-state index >= 15 is 0 Å². The van der Waals surface area contributed by atoms with E-state index in [-0.39, 0.29) is 0 Å². The molecule has 2 nitrogen and oxygen atoms in total. The zero-order valence-electron chi connectivity index (χ0n) is 8.15. The van der Waals surface area contributed by atoms with Gasteiger partial charge >= 0.3 is 0 Å². The lowest BCUT2D eigenvalue weighted by Gasteiger charge is -2.03. The summed E-state index contributed by atoms with van der Waals surface area (Å²) in [6.45, 7) is 0. The first kappa shape index (κ1) is 9.99. The van der Waals surface area contributed by atoms with Crippen LogP contribution in [0.3, 0.4) is 0 Å². The molecule has 0 amide bonds. The van der Waals surface area contributed by atoms with E-state index in [9.17, 15) is 0 Å². The molecule has 0 atom stereocenters. The van der Waals surface area contributed by atoms with Crippen LogP contribution in [0.25, 0.3) is 0 Å². The molecular formula is C12H11ClN2. The lowest BCUT2D eigenvalue weighted by atomic mass is 10.1. The lowest BCUT2D eigenvalue weighted by molar-refractivity contribution is 1.07. The summed E-state index contributed by atoms with van der Waals surface area (Å²) in [5, 5.41) is 0.668. The number of anilines is 1. The summed E-state index contributed by atoms with van der Waals surface area (Å²) >= 11 is 5.92. The summed E-state index contributed by atoms with van der Waals surface area (Å²) in [5.74, 6) is 0. The minimum atomic E-state index is 0.668. The van der Waals surface area contributed by atoms with Crippen LogP contribution in [0, 0.1) is 0 Å². The first-order valence-corrected chi connectivity index (χ1v) is 5.07. The monoisotopic (exact) mass is 218 g/mol. The lowest BCUT2D eigenvalue weighted by Crippen LogP contribution is -1.93. The molecule has 0 aliphatic heterocycles. The molecule has 1 aromatic heterocycles. The van der Waals surface area contributed by atoms with Crippen molar-refractivity contribution in [2.45, 2.75) is 6.42 Å². The van der Waals surface area contributed by atoms with E-state index < -0.39 is 0 Å². The van der Waals surface area contributed by atoms with Gasteiger partial charge in [0.15, 0.2) is 0 Å². The molecule has 15 heavy (non-hydrogen) atoms. The number of benzene rings is 1. The molecule has 0 saturated carbocycles. The van der Waals surface area contributed by atoms with Crippen LogP contribution in [0.5, 0.6) is 0 Å². The van der Waals surface area contributed by atoms with Crippen molar-refractivity contribution in [1.29, 1.82) is 0 Å². The summed E-state index contributed by atoms with van der Waals surface area (Å²) in [6.07, 6.45) is 2.54. The molecule has 0 aliphatic rings. The Hall–Kier alpha value is -1.54. The Balaban J connectivity index is 2.25. The van der Waals surface area contributed by atoms with Crippen molar-refractivity contribution >= 4 is 17.3 Å². The number of aromatic nitrogens is 1. The maximum Gasteiger partial charge on any atom is 0.0447 e. The Kier molecular flexibility index (Phi) is 2.88.